The molecule has 1 aromatic carbocycles. The second-order valence-electron chi connectivity index (χ2n) is 6.28. The van der Waals surface area contributed by atoms with Crippen LogP contribution in [0.2, 0.25) is 0 Å². The van der Waals surface area contributed by atoms with Crippen LogP contribution in [0, 0.1) is 11.3 Å². The molecule has 0 aromatic heterocycles. The smallest absolute Gasteiger partial charge is 0.00722 e. The Morgan fingerprint density at radius 2 is 1.67 bits per heavy atom. The van der Waals surface area contributed by atoms with Crippen LogP contribution in [0.25, 0.3) is 0 Å². The second kappa shape index (κ2) is 6.91. The van der Waals surface area contributed by atoms with Gasteiger partial charge in [-0.05, 0) is 40.7 Å². The number of benzene rings is 1. The lowest BCUT2D eigenvalue weighted by molar-refractivity contribution is 0.294. The maximum Gasteiger partial charge on any atom is 0.00722 e. The highest BCUT2D eigenvalue weighted by atomic mass is 32.2. The number of thioether (sulfide) groups is 1. The molecule has 18 heavy (non-hydrogen) atoms. The minimum absolute atomic E-state index is 0.340. The van der Waals surface area contributed by atoms with Crippen molar-refractivity contribution in [3.63, 3.8) is 0 Å². The Morgan fingerprint density at radius 3 is 2.06 bits per heavy atom. The topological polar surface area (TPSA) is 0 Å². The molecular weight excluding hydrogens is 256 g/mol. The first-order chi connectivity index (χ1) is 8.34. The molecule has 1 rings (SSSR count). The normalized spacial score (nSPS) is 13.9. The van der Waals surface area contributed by atoms with Gasteiger partial charge in [0.1, 0.15) is 0 Å². The summed E-state index contributed by atoms with van der Waals surface area (Å²) in [6.45, 7) is 11.4. The minimum Gasteiger partial charge on any atom is -0.179 e. The largest absolute Gasteiger partial charge is 0.179 e. The van der Waals surface area contributed by atoms with Crippen LogP contribution in [0.4, 0.5) is 0 Å². The van der Waals surface area contributed by atoms with Gasteiger partial charge in [-0.2, -0.15) is 12.6 Å². The van der Waals surface area contributed by atoms with E-state index in [1.807, 2.05) is 11.8 Å². The maximum absolute atomic E-state index is 4.49. The predicted octanol–water partition coefficient (Wildman–Crippen LogP) is 5.49. The molecule has 1 unspecified atom stereocenters. The summed E-state index contributed by atoms with van der Waals surface area (Å²) in [5.74, 6) is 3.37. The first kappa shape index (κ1) is 16.0. The Balaban J connectivity index is 2.58. The maximum atomic E-state index is 4.49. The Labute approximate surface area is 122 Å². The quantitative estimate of drug-likeness (QED) is 0.550. The van der Waals surface area contributed by atoms with Crippen LogP contribution in [0.15, 0.2) is 29.2 Å². The monoisotopic (exact) mass is 282 g/mol. The van der Waals surface area contributed by atoms with Crippen molar-refractivity contribution in [3.8, 4) is 0 Å². The summed E-state index contributed by atoms with van der Waals surface area (Å²) in [6.07, 6.45) is 0. The number of hydrogen-bond acceptors (Lipinski definition) is 2. The fourth-order valence-corrected chi connectivity index (χ4v) is 3.91. The van der Waals surface area contributed by atoms with E-state index in [-0.39, 0.29) is 0 Å². The Kier molecular flexibility index (Phi) is 6.13. The molecule has 0 heterocycles. The second-order valence-corrected chi connectivity index (χ2v) is 7.74. The lowest BCUT2D eigenvalue weighted by atomic mass is 9.83. The molecule has 1 aromatic rings. The molecule has 0 spiro atoms. The molecule has 102 valence electrons. The van der Waals surface area contributed by atoms with Crippen molar-refractivity contribution in [1.82, 2.24) is 0 Å². The molecule has 0 bridgehead atoms. The molecule has 0 amide bonds. The Hall–Kier alpha value is -0.0800. The third kappa shape index (κ3) is 4.89. The van der Waals surface area contributed by atoms with Gasteiger partial charge in [0.2, 0.25) is 0 Å². The molecule has 0 aliphatic rings. The average Bonchev–Trinajstić information content (AvgIpc) is 2.28. The fraction of sp³-hybridized carbons (Fsp3) is 0.625. The van der Waals surface area contributed by atoms with Crippen LogP contribution in [0.1, 0.15) is 46.1 Å². The van der Waals surface area contributed by atoms with Crippen LogP contribution in [-0.4, -0.2) is 11.5 Å². The van der Waals surface area contributed by atoms with Crippen molar-refractivity contribution in [2.75, 3.05) is 11.5 Å². The van der Waals surface area contributed by atoms with Crippen LogP contribution < -0.4 is 0 Å². The number of thiol groups is 1. The molecule has 0 fully saturated rings. The highest BCUT2D eigenvalue weighted by Gasteiger charge is 2.23. The lowest BCUT2D eigenvalue weighted by Gasteiger charge is -2.29. The number of hydrogen-bond donors (Lipinski definition) is 1. The van der Waals surface area contributed by atoms with Crippen molar-refractivity contribution in [2.45, 2.75) is 45.4 Å². The molecule has 0 nitrogen and oxygen atoms in total. The summed E-state index contributed by atoms with van der Waals surface area (Å²) in [5, 5.41) is 0. The van der Waals surface area contributed by atoms with Gasteiger partial charge in [0, 0.05) is 10.6 Å². The zero-order chi connectivity index (χ0) is 13.8. The van der Waals surface area contributed by atoms with Gasteiger partial charge in [0.05, 0.1) is 0 Å². The van der Waals surface area contributed by atoms with Gasteiger partial charge < -0.3 is 0 Å². The molecule has 0 N–H and O–H groups in total. The third-order valence-electron chi connectivity index (χ3n) is 3.44. The summed E-state index contributed by atoms with van der Waals surface area (Å²) in [5.41, 5.74) is 1.76. The van der Waals surface area contributed by atoms with E-state index in [2.05, 4.69) is 71.5 Å². The molecule has 2 heteroatoms. The molecule has 0 radical (unpaired) electrons. The van der Waals surface area contributed by atoms with Gasteiger partial charge in [-0.25, -0.2) is 0 Å². The lowest BCUT2D eigenvalue weighted by Crippen LogP contribution is -2.24. The molecule has 0 aliphatic heterocycles. The fourth-order valence-electron chi connectivity index (χ4n) is 1.72. The first-order valence-corrected chi connectivity index (χ1v) is 8.30. The van der Waals surface area contributed by atoms with Gasteiger partial charge in [0.15, 0.2) is 0 Å². The zero-order valence-electron chi connectivity index (χ0n) is 12.2. The van der Waals surface area contributed by atoms with Crippen LogP contribution >= 0.6 is 24.4 Å². The van der Waals surface area contributed by atoms with Crippen LogP contribution in [0.5, 0.6) is 0 Å². The molecule has 1 atom stereocenters. The Morgan fingerprint density at radius 1 is 1.11 bits per heavy atom. The van der Waals surface area contributed by atoms with E-state index in [1.54, 1.807) is 0 Å². The van der Waals surface area contributed by atoms with E-state index in [0.29, 0.717) is 17.3 Å². The van der Waals surface area contributed by atoms with Gasteiger partial charge in [-0.3, -0.25) is 0 Å². The molecular formula is C16H26S2. The zero-order valence-corrected chi connectivity index (χ0v) is 13.9. The van der Waals surface area contributed by atoms with E-state index in [9.17, 15) is 0 Å². The standard InChI is InChI=1S/C16H26S2/c1-12(2)13-6-8-15(9-7-13)18-11-14(10-17)16(3,4)5/h6-9,12,14,17H,10-11H2,1-5H3. The third-order valence-corrected chi connectivity index (χ3v) is 5.06. The van der Waals surface area contributed by atoms with Gasteiger partial charge in [0.25, 0.3) is 0 Å². The summed E-state index contributed by atoms with van der Waals surface area (Å²) < 4.78 is 0. The van der Waals surface area contributed by atoms with E-state index < -0.39 is 0 Å². The van der Waals surface area contributed by atoms with E-state index in [4.69, 9.17) is 0 Å². The minimum atomic E-state index is 0.340. The van der Waals surface area contributed by atoms with Crippen molar-refractivity contribution in [2.24, 2.45) is 11.3 Å². The summed E-state index contributed by atoms with van der Waals surface area (Å²) in [6, 6.07) is 9.00. The first-order valence-electron chi connectivity index (χ1n) is 6.68. The van der Waals surface area contributed by atoms with Crippen LogP contribution in [-0.2, 0) is 0 Å². The highest BCUT2D eigenvalue weighted by Crippen LogP contribution is 2.32. The molecule has 0 aliphatic carbocycles. The van der Waals surface area contributed by atoms with Crippen LogP contribution in [0.3, 0.4) is 0 Å². The van der Waals surface area contributed by atoms with E-state index in [0.717, 1.165) is 11.5 Å². The highest BCUT2D eigenvalue weighted by molar-refractivity contribution is 7.99. The van der Waals surface area contributed by atoms with E-state index in [1.165, 1.54) is 10.5 Å². The average molecular weight is 283 g/mol. The van der Waals surface area contributed by atoms with Crippen molar-refractivity contribution >= 4 is 24.4 Å². The van der Waals surface area contributed by atoms with Crippen molar-refractivity contribution in [1.29, 1.82) is 0 Å². The summed E-state index contributed by atoms with van der Waals surface area (Å²) >= 11 is 6.44. The SMILES string of the molecule is CC(C)c1ccc(SCC(CS)C(C)(C)C)cc1. The predicted molar refractivity (Wildman–Crippen MR) is 88.1 cm³/mol. The van der Waals surface area contributed by atoms with Gasteiger partial charge in [-0.1, -0.05) is 46.8 Å². The Bertz CT molecular complexity index is 346. The van der Waals surface area contributed by atoms with Gasteiger partial charge in [-0.15, -0.1) is 11.8 Å². The summed E-state index contributed by atoms with van der Waals surface area (Å²) in [7, 11) is 0. The summed E-state index contributed by atoms with van der Waals surface area (Å²) in [4.78, 5) is 1.37. The van der Waals surface area contributed by atoms with Gasteiger partial charge >= 0.3 is 0 Å². The molecule has 0 saturated carbocycles. The molecule has 0 saturated heterocycles. The number of rotatable bonds is 5. The van der Waals surface area contributed by atoms with Crippen molar-refractivity contribution < 1.29 is 0 Å². The van der Waals surface area contributed by atoms with E-state index >= 15 is 0 Å². The van der Waals surface area contributed by atoms with Crippen molar-refractivity contribution in [3.05, 3.63) is 29.8 Å².